The molecule has 1 aromatic carbocycles. The molecule has 0 fully saturated rings. The SMILES string of the molecule is COc1ccc(Nc2ncc(I)cn2)c(OC)c1. The van der Waals surface area contributed by atoms with Crippen molar-refractivity contribution < 1.29 is 9.47 Å². The highest BCUT2D eigenvalue weighted by atomic mass is 127. The van der Waals surface area contributed by atoms with E-state index >= 15 is 0 Å². The number of aromatic nitrogens is 2. The molecule has 0 saturated carbocycles. The van der Waals surface area contributed by atoms with Gasteiger partial charge in [-0.3, -0.25) is 0 Å². The lowest BCUT2D eigenvalue weighted by molar-refractivity contribution is 0.395. The highest BCUT2D eigenvalue weighted by Gasteiger charge is 2.06. The van der Waals surface area contributed by atoms with Crippen molar-refractivity contribution >= 4 is 34.2 Å². The fourth-order valence-electron chi connectivity index (χ4n) is 1.40. The third kappa shape index (κ3) is 3.00. The lowest BCUT2D eigenvalue weighted by Crippen LogP contribution is -1.99. The van der Waals surface area contributed by atoms with Crippen molar-refractivity contribution in [3.8, 4) is 11.5 Å². The summed E-state index contributed by atoms with van der Waals surface area (Å²) in [5.41, 5.74) is 0.791. The van der Waals surface area contributed by atoms with E-state index < -0.39 is 0 Å². The summed E-state index contributed by atoms with van der Waals surface area (Å²) in [6, 6.07) is 5.51. The normalized spacial score (nSPS) is 9.94. The second kappa shape index (κ2) is 5.85. The van der Waals surface area contributed by atoms with Crippen molar-refractivity contribution in [2.24, 2.45) is 0 Å². The molecule has 0 aliphatic rings. The Kier molecular flexibility index (Phi) is 4.19. The predicted molar refractivity (Wildman–Crippen MR) is 77.6 cm³/mol. The van der Waals surface area contributed by atoms with Gasteiger partial charge in [-0.25, -0.2) is 9.97 Å². The summed E-state index contributed by atoms with van der Waals surface area (Å²) < 4.78 is 11.4. The van der Waals surface area contributed by atoms with Crippen molar-refractivity contribution in [1.82, 2.24) is 9.97 Å². The van der Waals surface area contributed by atoms with Gasteiger partial charge in [-0.15, -0.1) is 0 Å². The maximum Gasteiger partial charge on any atom is 0.227 e. The van der Waals surface area contributed by atoms with Gasteiger partial charge in [-0.1, -0.05) is 0 Å². The Labute approximate surface area is 119 Å². The number of nitrogens with zero attached hydrogens (tertiary/aromatic N) is 2. The third-order valence-corrected chi connectivity index (χ3v) is 2.83. The first-order valence-electron chi connectivity index (χ1n) is 5.19. The van der Waals surface area contributed by atoms with Crippen molar-refractivity contribution in [3.63, 3.8) is 0 Å². The summed E-state index contributed by atoms with van der Waals surface area (Å²) >= 11 is 2.16. The summed E-state index contributed by atoms with van der Waals surface area (Å²) in [5.74, 6) is 1.94. The van der Waals surface area contributed by atoms with E-state index in [0.29, 0.717) is 11.7 Å². The number of methoxy groups -OCH3 is 2. The van der Waals surface area contributed by atoms with Crippen LogP contribution in [0.3, 0.4) is 0 Å². The molecule has 0 atom stereocenters. The molecule has 0 bridgehead atoms. The Morgan fingerprint density at radius 1 is 1.11 bits per heavy atom. The van der Waals surface area contributed by atoms with Crippen LogP contribution in [0.25, 0.3) is 0 Å². The standard InChI is InChI=1S/C12H12IN3O2/c1-17-9-3-4-10(11(5-9)18-2)16-12-14-6-8(13)7-15-12/h3-7H,1-2H3,(H,14,15,16). The van der Waals surface area contributed by atoms with Crippen LogP contribution in [-0.2, 0) is 0 Å². The molecule has 5 nitrogen and oxygen atoms in total. The van der Waals surface area contributed by atoms with Crippen LogP contribution in [0.15, 0.2) is 30.6 Å². The second-order valence-corrected chi connectivity index (χ2v) is 4.66. The zero-order valence-corrected chi connectivity index (χ0v) is 12.1. The van der Waals surface area contributed by atoms with Crippen LogP contribution in [0.4, 0.5) is 11.6 Å². The largest absolute Gasteiger partial charge is 0.497 e. The van der Waals surface area contributed by atoms with E-state index in [4.69, 9.17) is 9.47 Å². The van der Waals surface area contributed by atoms with E-state index in [-0.39, 0.29) is 0 Å². The average Bonchev–Trinajstić information content (AvgIpc) is 2.41. The van der Waals surface area contributed by atoms with Gasteiger partial charge in [0.2, 0.25) is 5.95 Å². The molecule has 18 heavy (non-hydrogen) atoms. The van der Waals surface area contributed by atoms with Crippen molar-refractivity contribution in [3.05, 3.63) is 34.2 Å². The predicted octanol–water partition coefficient (Wildman–Crippen LogP) is 2.84. The minimum Gasteiger partial charge on any atom is -0.497 e. The minimum atomic E-state index is 0.527. The molecular weight excluding hydrogens is 345 g/mol. The smallest absolute Gasteiger partial charge is 0.227 e. The lowest BCUT2D eigenvalue weighted by Gasteiger charge is -2.11. The molecular formula is C12H12IN3O2. The highest BCUT2D eigenvalue weighted by Crippen LogP contribution is 2.30. The molecule has 2 rings (SSSR count). The Morgan fingerprint density at radius 3 is 2.44 bits per heavy atom. The maximum absolute atomic E-state index is 5.28. The van der Waals surface area contributed by atoms with Gasteiger partial charge in [-0.2, -0.15) is 0 Å². The Hall–Kier alpha value is -1.57. The molecule has 0 saturated heterocycles. The van der Waals surface area contributed by atoms with Crippen LogP contribution in [0.1, 0.15) is 0 Å². The Bertz CT molecular complexity index is 531. The van der Waals surface area contributed by atoms with Crippen LogP contribution in [0.5, 0.6) is 11.5 Å². The van der Waals surface area contributed by atoms with Gasteiger partial charge >= 0.3 is 0 Å². The number of ether oxygens (including phenoxy) is 2. The number of benzene rings is 1. The van der Waals surface area contributed by atoms with Crippen LogP contribution in [-0.4, -0.2) is 24.2 Å². The zero-order chi connectivity index (χ0) is 13.0. The van der Waals surface area contributed by atoms with Gasteiger partial charge in [0.15, 0.2) is 0 Å². The molecule has 1 heterocycles. The quantitative estimate of drug-likeness (QED) is 0.853. The first-order chi connectivity index (χ1) is 8.72. The molecule has 1 aromatic heterocycles. The fourth-order valence-corrected chi connectivity index (χ4v) is 1.68. The van der Waals surface area contributed by atoms with Crippen LogP contribution in [0.2, 0.25) is 0 Å². The van der Waals surface area contributed by atoms with E-state index in [1.54, 1.807) is 32.7 Å². The van der Waals surface area contributed by atoms with E-state index in [2.05, 4.69) is 37.9 Å². The molecule has 0 aliphatic carbocycles. The number of nitrogens with one attached hydrogen (secondary N) is 1. The average molecular weight is 357 g/mol. The van der Waals surface area contributed by atoms with Crippen molar-refractivity contribution in [2.45, 2.75) is 0 Å². The topological polar surface area (TPSA) is 56.3 Å². The monoisotopic (exact) mass is 357 g/mol. The van der Waals surface area contributed by atoms with Gasteiger partial charge in [0.1, 0.15) is 11.5 Å². The van der Waals surface area contributed by atoms with Gasteiger partial charge in [0.25, 0.3) is 0 Å². The van der Waals surface area contributed by atoms with Crippen molar-refractivity contribution in [2.75, 3.05) is 19.5 Å². The highest BCUT2D eigenvalue weighted by molar-refractivity contribution is 14.1. The number of anilines is 2. The molecule has 0 spiro atoms. The van der Waals surface area contributed by atoms with Crippen molar-refractivity contribution in [1.29, 1.82) is 0 Å². The molecule has 1 N–H and O–H groups in total. The van der Waals surface area contributed by atoms with Crippen LogP contribution in [0, 0.1) is 3.57 Å². The van der Waals surface area contributed by atoms with Gasteiger partial charge < -0.3 is 14.8 Å². The van der Waals surface area contributed by atoms with E-state index in [1.807, 2.05) is 12.1 Å². The van der Waals surface area contributed by atoms with Crippen LogP contribution >= 0.6 is 22.6 Å². The molecule has 0 amide bonds. The van der Waals surface area contributed by atoms with Gasteiger partial charge in [0.05, 0.1) is 19.9 Å². The second-order valence-electron chi connectivity index (χ2n) is 3.42. The van der Waals surface area contributed by atoms with E-state index in [1.165, 1.54) is 0 Å². The summed E-state index contributed by atoms with van der Waals surface area (Å²) in [6.45, 7) is 0. The zero-order valence-electron chi connectivity index (χ0n) is 9.98. The molecule has 6 heteroatoms. The minimum absolute atomic E-state index is 0.527. The van der Waals surface area contributed by atoms with E-state index in [9.17, 15) is 0 Å². The Morgan fingerprint density at radius 2 is 1.83 bits per heavy atom. The lowest BCUT2D eigenvalue weighted by atomic mass is 10.2. The van der Waals surface area contributed by atoms with Gasteiger partial charge in [-0.05, 0) is 34.7 Å². The summed E-state index contributed by atoms with van der Waals surface area (Å²) in [5, 5.41) is 3.10. The first-order valence-corrected chi connectivity index (χ1v) is 6.27. The number of hydrogen-bond donors (Lipinski definition) is 1. The van der Waals surface area contributed by atoms with E-state index in [0.717, 1.165) is 15.0 Å². The summed E-state index contributed by atoms with van der Waals surface area (Å²) in [6.07, 6.45) is 3.48. The summed E-state index contributed by atoms with van der Waals surface area (Å²) in [4.78, 5) is 8.35. The number of rotatable bonds is 4. The molecule has 0 unspecified atom stereocenters. The Balaban J connectivity index is 2.25. The molecule has 2 aromatic rings. The number of halogens is 1. The first kappa shape index (κ1) is 12.9. The van der Waals surface area contributed by atoms with Gasteiger partial charge in [0, 0.05) is 22.0 Å². The molecule has 0 aliphatic heterocycles. The fraction of sp³-hybridized carbons (Fsp3) is 0.167. The number of hydrogen-bond acceptors (Lipinski definition) is 5. The molecule has 94 valence electrons. The summed E-state index contributed by atoms with van der Waals surface area (Å²) in [7, 11) is 3.22. The maximum atomic E-state index is 5.28. The van der Waals surface area contributed by atoms with Crippen LogP contribution < -0.4 is 14.8 Å². The third-order valence-electron chi connectivity index (χ3n) is 2.28. The molecule has 0 radical (unpaired) electrons.